The fourth-order valence-corrected chi connectivity index (χ4v) is 2.32. The molecule has 1 fully saturated rings. The summed E-state index contributed by atoms with van der Waals surface area (Å²) < 4.78 is 6.79. The highest BCUT2D eigenvalue weighted by Crippen LogP contribution is 2.20. The summed E-state index contributed by atoms with van der Waals surface area (Å²) in [4.78, 5) is 12.2. The molecule has 0 bridgehead atoms. The SMILES string of the molecule is CCn1nc(C)c(N)c1C(=O)NCC1(O)CCOCC1. The van der Waals surface area contributed by atoms with Crippen LogP contribution in [-0.2, 0) is 11.3 Å². The van der Waals surface area contributed by atoms with Crippen molar-refractivity contribution in [1.29, 1.82) is 0 Å². The first kappa shape index (κ1) is 14.8. The zero-order valence-electron chi connectivity index (χ0n) is 12.0. The highest BCUT2D eigenvalue weighted by atomic mass is 16.5. The number of hydrogen-bond acceptors (Lipinski definition) is 5. The molecule has 1 aliphatic rings. The lowest BCUT2D eigenvalue weighted by Gasteiger charge is -2.32. The maximum absolute atomic E-state index is 12.2. The van der Waals surface area contributed by atoms with Crippen LogP contribution in [0.15, 0.2) is 0 Å². The van der Waals surface area contributed by atoms with E-state index in [9.17, 15) is 9.90 Å². The summed E-state index contributed by atoms with van der Waals surface area (Å²) in [5, 5.41) is 17.3. The first-order valence-corrected chi connectivity index (χ1v) is 6.88. The van der Waals surface area contributed by atoms with Crippen LogP contribution in [0.25, 0.3) is 0 Å². The fraction of sp³-hybridized carbons (Fsp3) is 0.692. The van der Waals surface area contributed by atoms with Gasteiger partial charge in [0.15, 0.2) is 0 Å². The molecule has 1 aromatic heterocycles. The lowest BCUT2D eigenvalue weighted by atomic mass is 9.94. The molecule has 1 aromatic rings. The predicted octanol–water partition coefficient (Wildman–Crippen LogP) is 0.0649. The average Bonchev–Trinajstić information content (AvgIpc) is 2.73. The van der Waals surface area contributed by atoms with Gasteiger partial charge in [-0.2, -0.15) is 5.10 Å². The molecule has 2 heterocycles. The number of amides is 1. The van der Waals surface area contributed by atoms with Gasteiger partial charge in [0.05, 0.1) is 17.0 Å². The van der Waals surface area contributed by atoms with Gasteiger partial charge in [0.1, 0.15) is 5.69 Å². The molecule has 0 saturated carbocycles. The van der Waals surface area contributed by atoms with Crippen LogP contribution in [0.1, 0.15) is 35.9 Å². The monoisotopic (exact) mass is 282 g/mol. The zero-order valence-corrected chi connectivity index (χ0v) is 12.0. The normalized spacial score (nSPS) is 17.9. The summed E-state index contributed by atoms with van der Waals surface area (Å²) in [5.41, 5.74) is 6.40. The van der Waals surface area contributed by atoms with Crippen LogP contribution in [0.5, 0.6) is 0 Å². The summed E-state index contributed by atoms with van der Waals surface area (Å²) >= 11 is 0. The minimum Gasteiger partial charge on any atom is -0.395 e. The second-order valence-electron chi connectivity index (χ2n) is 5.18. The van der Waals surface area contributed by atoms with E-state index in [-0.39, 0.29) is 12.5 Å². The molecular weight excluding hydrogens is 260 g/mol. The van der Waals surface area contributed by atoms with Crippen molar-refractivity contribution in [1.82, 2.24) is 15.1 Å². The van der Waals surface area contributed by atoms with Gasteiger partial charge in [-0.25, -0.2) is 0 Å². The van der Waals surface area contributed by atoms with Crippen LogP contribution in [-0.4, -0.2) is 46.2 Å². The van der Waals surface area contributed by atoms with Gasteiger partial charge in [-0.05, 0) is 13.8 Å². The molecule has 4 N–H and O–H groups in total. The van der Waals surface area contributed by atoms with Crippen molar-refractivity contribution in [2.75, 3.05) is 25.5 Å². The topological polar surface area (TPSA) is 102 Å². The van der Waals surface area contributed by atoms with Crippen LogP contribution in [0.2, 0.25) is 0 Å². The number of nitrogens with one attached hydrogen (secondary N) is 1. The van der Waals surface area contributed by atoms with E-state index < -0.39 is 5.60 Å². The molecule has 0 atom stereocenters. The van der Waals surface area contributed by atoms with Gasteiger partial charge in [-0.1, -0.05) is 0 Å². The Hall–Kier alpha value is -1.60. The van der Waals surface area contributed by atoms with Crippen molar-refractivity contribution in [2.45, 2.75) is 38.8 Å². The molecule has 0 unspecified atom stereocenters. The van der Waals surface area contributed by atoms with Gasteiger partial charge >= 0.3 is 0 Å². The van der Waals surface area contributed by atoms with E-state index >= 15 is 0 Å². The number of nitrogens with zero attached hydrogens (tertiary/aromatic N) is 2. The molecule has 0 spiro atoms. The number of carbonyl (C=O) groups is 1. The van der Waals surface area contributed by atoms with Crippen LogP contribution in [0.3, 0.4) is 0 Å². The molecule has 0 aromatic carbocycles. The van der Waals surface area contributed by atoms with Crippen LogP contribution < -0.4 is 11.1 Å². The van der Waals surface area contributed by atoms with Crippen molar-refractivity contribution in [3.63, 3.8) is 0 Å². The quantitative estimate of drug-likeness (QED) is 0.725. The van der Waals surface area contributed by atoms with E-state index in [4.69, 9.17) is 10.5 Å². The highest BCUT2D eigenvalue weighted by molar-refractivity contribution is 5.98. The number of anilines is 1. The summed E-state index contributed by atoms with van der Waals surface area (Å²) in [6, 6.07) is 0. The number of rotatable bonds is 4. The Labute approximate surface area is 118 Å². The van der Waals surface area contributed by atoms with E-state index in [0.29, 0.717) is 49.7 Å². The number of hydrogen-bond donors (Lipinski definition) is 3. The molecule has 0 radical (unpaired) electrons. The van der Waals surface area contributed by atoms with Crippen molar-refractivity contribution in [3.05, 3.63) is 11.4 Å². The van der Waals surface area contributed by atoms with Crippen LogP contribution in [0, 0.1) is 6.92 Å². The molecule has 2 rings (SSSR count). The van der Waals surface area contributed by atoms with E-state index in [1.165, 1.54) is 0 Å². The molecule has 112 valence electrons. The Kier molecular flexibility index (Phi) is 4.29. The molecule has 1 saturated heterocycles. The number of aromatic nitrogens is 2. The average molecular weight is 282 g/mol. The largest absolute Gasteiger partial charge is 0.395 e. The minimum absolute atomic E-state index is 0.197. The van der Waals surface area contributed by atoms with Gasteiger partial charge in [0, 0.05) is 39.1 Å². The zero-order chi connectivity index (χ0) is 14.8. The fourth-order valence-electron chi connectivity index (χ4n) is 2.32. The predicted molar refractivity (Wildman–Crippen MR) is 74.4 cm³/mol. The standard InChI is InChI=1S/C13H22N4O3/c1-3-17-11(10(14)9(2)16-17)12(18)15-8-13(19)4-6-20-7-5-13/h19H,3-8,14H2,1-2H3,(H,15,18). The Morgan fingerprint density at radius 1 is 1.55 bits per heavy atom. The van der Waals surface area contributed by atoms with Gasteiger partial charge < -0.3 is 20.9 Å². The van der Waals surface area contributed by atoms with E-state index in [1.807, 2.05) is 6.92 Å². The Bertz CT molecular complexity index is 492. The Morgan fingerprint density at radius 3 is 2.80 bits per heavy atom. The van der Waals surface area contributed by atoms with Gasteiger partial charge in [-0.15, -0.1) is 0 Å². The molecule has 0 aliphatic carbocycles. The van der Waals surface area contributed by atoms with Crippen molar-refractivity contribution < 1.29 is 14.6 Å². The van der Waals surface area contributed by atoms with Crippen molar-refractivity contribution in [2.24, 2.45) is 0 Å². The molecule has 1 amide bonds. The number of aliphatic hydroxyl groups is 1. The number of nitrogens with two attached hydrogens (primary N) is 1. The summed E-state index contributed by atoms with van der Waals surface area (Å²) in [7, 11) is 0. The minimum atomic E-state index is -0.894. The second kappa shape index (κ2) is 5.80. The number of aryl methyl sites for hydroxylation is 2. The van der Waals surface area contributed by atoms with Crippen LogP contribution >= 0.6 is 0 Å². The maximum atomic E-state index is 12.2. The number of ether oxygens (including phenoxy) is 1. The summed E-state index contributed by atoms with van der Waals surface area (Å²) in [6.07, 6.45) is 1.05. The van der Waals surface area contributed by atoms with Gasteiger partial charge in [0.2, 0.25) is 0 Å². The summed E-state index contributed by atoms with van der Waals surface area (Å²) in [6.45, 7) is 5.46. The van der Waals surface area contributed by atoms with Gasteiger partial charge in [-0.3, -0.25) is 9.48 Å². The molecule has 7 heteroatoms. The van der Waals surface area contributed by atoms with E-state index in [2.05, 4.69) is 10.4 Å². The third-order valence-corrected chi connectivity index (χ3v) is 3.69. The molecule has 1 aliphatic heterocycles. The first-order chi connectivity index (χ1) is 9.47. The lowest BCUT2D eigenvalue weighted by molar-refractivity contribution is -0.0605. The van der Waals surface area contributed by atoms with Crippen molar-refractivity contribution >= 4 is 11.6 Å². The lowest BCUT2D eigenvalue weighted by Crippen LogP contribution is -2.47. The second-order valence-corrected chi connectivity index (χ2v) is 5.18. The number of carbonyl (C=O) groups excluding carboxylic acids is 1. The van der Waals surface area contributed by atoms with Gasteiger partial charge in [0.25, 0.3) is 5.91 Å². The van der Waals surface area contributed by atoms with Crippen LogP contribution in [0.4, 0.5) is 5.69 Å². The Morgan fingerprint density at radius 2 is 2.20 bits per heavy atom. The van der Waals surface area contributed by atoms with Crippen molar-refractivity contribution in [3.8, 4) is 0 Å². The smallest absolute Gasteiger partial charge is 0.271 e. The molecular formula is C13H22N4O3. The van der Waals surface area contributed by atoms with E-state index in [1.54, 1.807) is 11.6 Å². The maximum Gasteiger partial charge on any atom is 0.271 e. The van der Waals surface area contributed by atoms with E-state index in [0.717, 1.165) is 0 Å². The summed E-state index contributed by atoms with van der Waals surface area (Å²) in [5.74, 6) is -0.301. The molecule has 20 heavy (non-hydrogen) atoms. The highest BCUT2D eigenvalue weighted by Gasteiger charge is 2.31. The molecule has 7 nitrogen and oxygen atoms in total. The number of nitrogen functional groups attached to an aromatic ring is 1. The third-order valence-electron chi connectivity index (χ3n) is 3.69. The third kappa shape index (κ3) is 2.94. The first-order valence-electron chi connectivity index (χ1n) is 6.88. The Balaban J connectivity index is 2.05.